The molecule has 2 atom stereocenters. The molecule has 2 aliphatic rings. The maximum atomic E-state index is 12.5. The summed E-state index contributed by atoms with van der Waals surface area (Å²) < 4.78 is 11.6. The molecule has 0 spiro atoms. The van der Waals surface area contributed by atoms with Crippen molar-refractivity contribution in [3.8, 4) is 11.5 Å². The van der Waals surface area contributed by atoms with E-state index in [1.165, 1.54) is 0 Å². The zero-order chi connectivity index (χ0) is 16.2. The van der Waals surface area contributed by atoms with Gasteiger partial charge >= 0.3 is 0 Å². The highest BCUT2D eigenvalue weighted by Gasteiger charge is 2.34. The van der Waals surface area contributed by atoms with E-state index >= 15 is 0 Å². The van der Waals surface area contributed by atoms with Gasteiger partial charge in [0.2, 0.25) is 6.10 Å². The van der Waals surface area contributed by atoms with Crippen LogP contribution in [0.15, 0.2) is 24.3 Å². The summed E-state index contributed by atoms with van der Waals surface area (Å²) in [5.74, 6) is 1.83. The quantitative estimate of drug-likeness (QED) is 0.923. The van der Waals surface area contributed by atoms with E-state index in [1.807, 2.05) is 31.2 Å². The summed E-state index contributed by atoms with van der Waals surface area (Å²) in [6, 6.07) is 7.48. The second kappa shape index (κ2) is 7.21. The number of benzene rings is 1. The zero-order valence-corrected chi connectivity index (χ0v) is 14.0. The molecule has 1 amide bonds. The minimum absolute atomic E-state index is 0.0788. The Kier molecular flexibility index (Phi) is 5.06. The molecule has 0 radical (unpaired) electrons. The van der Waals surface area contributed by atoms with Gasteiger partial charge in [-0.3, -0.25) is 4.79 Å². The normalized spacial score (nSPS) is 25.1. The highest BCUT2D eigenvalue weighted by atomic mass is 16.6. The summed E-state index contributed by atoms with van der Waals surface area (Å²) in [5, 5.41) is 3.05. The van der Waals surface area contributed by atoms with Crippen LogP contribution in [0.4, 0.5) is 0 Å². The Morgan fingerprint density at radius 1 is 1.22 bits per heavy atom. The van der Waals surface area contributed by atoms with Gasteiger partial charge in [0.25, 0.3) is 5.91 Å². The molecule has 1 fully saturated rings. The van der Waals surface area contributed by atoms with Gasteiger partial charge < -0.3 is 19.7 Å². The lowest BCUT2D eigenvalue weighted by Gasteiger charge is -2.33. The lowest BCUT2D eigenvalue weighted by Crippen LogP contribution is -2.50. The fraction of sp³-hybridized carbons (Fsp3) is 0.611. The summed E-state index contributed by atoms with van der Waals surface area (Å²) in [5.41, 5.74) is 0. The number of hydrogen-bond acceptors (Lipinski definition) is 4. The zero-order valence-electron chi connectivity index (χ0n) is 14.0. The molecule has 1 saturated heterocycles. The van der Waals surface area contributed by atoms with Crippen LogP contribution in [0.5, 0.6) is 11.5 Å². The molecule has 2 heterocycles. The molecular weight excluding hydrogens is 292 g/mol. The van der Waals surface area contributed by atoms with Crippen LogP contribution in [0.3, 0.4) is 0 Å². The molecular formula is C18H26N2O3. The van der Waals surface area contributed by atoms with Crippen molar-refractivity contribution in [2.24, 2.45) is 5.92 Å². The van der Waals surface area contributed by atoms with Crippen LogP contribution < -0.4 is 14.8 Å². The Labute approximate surface area is 137 Å². The summed E-state index contributed by atoms with van der Waals surface area (Å²) >= 11 is 0. The summed E-state index contributed by atoms with van der Waals surface area (Å²) in [7, 11) is 0. The number of fused-ring (bicyclic) bond motifs is 1. The van der Waals surface area contributed by atoms with Crippen LogP contribution >= 0.6 is 0 Å². The number of ether oxygens (including phenoxy) is 2. The van der Waals surface area contributed by atoms with Crippen molar-refractivity contribution in [3.05, 3.63) is 24.3 Å². The topological polar surface area (TPSA) is 50.8 Å². The molecule has 0 unspecified atom stereocenters. The molecule has 0 bridgehead atoms. The van der Waals surface area contributed by atoms with Crippen LogP contribution in [0.25, 0.3) is 0 Å². The Bertz CT molecular complexity index is 541. The average Bonchev–Trinajstić information content (AvgIpc) is 2.59. The highest BCUT2D eigenvalue weighted by molar-refractivity contribution is 5.82. The first kappa shape index (κ1) is 16.1. The van der Waals surface area contributed by atoms with Crippen molar-refractivity contribution in [2.75, 3.05) is 26.2 Å². The van der Waals surface area contributed by atoms with Gasteiger partial charge in [0.1, 0.15) is 6.10 Å². The van der Waals surface area contributed by atoms with E-state index in [0.29, 0.717) is 17.4 Å². The molecule has 5 heteroatoms. The first-order valence-corrected chi connectivity index (χ1v) is 8.59. The van der Waals surface area contributed by atoms with Gasteiger partial charge in [-0.1, -0.05) is 19.1 Å². The third kappa shape index (κ3) is 3.78. The second-order valence-corrected chi connectivity index (χ2v) is 6.43. The molecule has 0 saturated carbocycles. The van der Waals surface area contributed by atoms with Crippen molar-refractivity contribution in [1.82, 2.24) is 10.2 Å². The molecule has 0 aromatic heterocycles. The number of rotatable bonds is 4. The van der Waals surface area contributed by atoms with Gasteiger partial charge in [-0.2, -0.15) is 0 Å². The maximum absolute atomic E-state index is 12.5. The highest BCUT2D eigenvalue weighted by Crippen LogP contribution is 2.33. The van der Waals surface area contributed by atoms with E-state index in [0.717, 1.165) is 39.0 Å². The van der Waals surface area contributed by atoms with Crippen molar-refractivity contribution in [1.29, 1.82) is 0 Å². The molecule has 1 aromatic carbocycles. The number of carbonyl (C=O) groups excluding carboxylic acids is 1. The smallest absolute Gasteiger partial charge is 0.265 e. The van der Waals surface area contributed by atoms with Gasteiger partial charge in [0.05, 0.1) is 0 Å². The molecule has 2 aliphatic heterocycles. The van der Waals surface area contributed by atoms with E-state index in [4.69, 9.17) is 9.47 Å². The van der Waals surface area contributed by atoms with Crippen LogP contribution in [0, 0.1) is 5.92 Å². The lowest BCUT2D eigenvalue weighted by molar-refractivity contribution is -0.133. The number of likely N-dealkylation sites (tertiary alicyclic amines) is 1. The second-order valence-electron chi connectivity index (χ2n) is 6.43. The van der Waals surface area contributed by atoms with Crippen LogP contribution in [0.2, 0.25) is 0 Å². The van der Waals surface area contributed by atoms with E-state index < -0.39 is 6.10 Å². The number of para-hydroxylation sites is 2. The number of nitrogens with one attached hydrogen (secondary N) is 1. The molecule has 5 nitrogen and oxygen atoms in total. The van der Waals surface area contributed by atoms with Gasteiger partial charge in [0, 0.05) is 6.54 Å². The standard InChI is InChI=1S/C18H26N2O3/c1-3-20-10-8-14(9-11-20)12-19-18(21)17-13(2)22-15-6-4-5-7-16(15)23-17/h4-7,13-14,17H,3,8-12H2,1-2H3,(H,19,21)/t13-,17+/m1/s1. The Morgan fingerprint density at radius 3 is 2.52 bits per heavy atom. The third-order valence-corrected chi connectivity index (χ3v) is 4.82. The Hall–Kier alpha value is -1.75. The number of carbonyl (C=O) groups is 1. The van der Waals surface area contributed by atoms with Gasteiger partial charge in [-0.25, -0.2) is 0 Å². The SMILES string of the molecule is CCN1CCC(CNC(=O)[C@H]2Oc3ccccc3O[C@@H]2C)CC1. The minimum Gasteiger partial charge on any atom is -0.482 e. The van der Waals surface area contributed by atoms with Crippen LogP contribution in [-0.4, -0.2) is 49.2 Å². The molecule has 23 heavy (non-hydrogen) atoms. The maximum Gasteiger partial charge on any atom is 0.265 e. The minimum atomic E-state index is -0.583. The summed E-state index contributed by atoms with van der Waals surface area (Å²) in [6.07, 6.45) is 1.43. The molecule has 1 aromatic rings. The van der Waals surface area contributed by atoms with Crippen molar-refractivity contribution >= 4 is 5.91 Å². The van der Waals surface area contributed by atoms with Crippen LogP contribution in [0.1, 0.15) is 26.7 Å². The number of piperidine rings is 1. The first-order chi connectivity index (χ1) is 11.2. The molecule has 1 N–H and O–H groups in total. The fourth-order valence-electron chi connectivity index (χ4n) is 3.26. The number of nitrogens with zero attached hydrogens (tertiary/aromatic N) is 1. The predicted molar refractivity (Wildman–Crippen MR) is 88.8 cm³/mol. The van der Waals surface area contributed by atoms with E-state index in [1.54, 1.807) is 0 Å². The molecule has 0 aliphatic carbocycles. The molecule has 3 rings (SSSR count). The van der Waals surface area contributed by atoms with Crippen molar-refractivity contribution in [2.45, 2.75) is 38.9 Å². The Balaban J connectivity index is 1.51. The predicted octanol–water partition coefficient (Wildman–Crippen LogP) is 2.06. The fourth-order valence-corrected chi connectivity index (χ4v) is 3.26. The first-order valence-electron chi connectivity index (χ1n) is 8.59. The Morgan fingerprint density at radius 2 is 1.87 bits per heavy atom. The average molecular weight is 318 g/mol. The number of hydrogen-bond donors (Lipinski definition) is 1. The van der Waals surface area contributed by atoms with Crippen molar-refractivity contribution < 1.29 is 14.3 Å². The van der Waals surface area contributed by atoms with Crippen molar-refractivity contribution in [3.63, 3.8) is 0 Å². The van der Waals surface area contributed by atoms with Gasteiger partial charge in [-0.15, -0.1) is 0 Å². The number of amides is 1. The van der Waals surface area contributed by atoms with E-state index in [9.17, 15) is 4.79 Å². The third-order valence-electron chi connectivity index (χ3n) is 4.82. The lowest BCUT2D eigenvalue weighted by atomic mass is 9.96. The van der Waals surface area contributed by atoms with E-state index in [-0.39, 0.29) is 12.0 Å². The monoisotopic (exact) mass is 318 g/mol. The summed E-state index contributed by atoms with van der Waals surface area (Å²) in [6.45, 7) is 8.17. The summed E-state index contributed by atoms with van der Waals surface area (Å²) in [4.78, 5) is 14.9. The largest absolute Gasteiger partial charge is 0.482 e. The molecule has 126 valence electrons. The van der Waals surface area contributed by atoms with Gasteiger partial charge in [-0.05, 0) is 57.5 Å². The van der Waals surface area contributed by atoms with Gasteiger partial charge in [0.15, 0.2) is 11.5 Å². The van der Waals surface area contributed by atoms with E-state index in [2.05, 4.69) is 17.1 Å². The van der Waals surface area contributed by atoms with Crippen LogP contribution in [-0.2, 0) is 4.79 Å².